The van der Waals surface area contributed by atoms with Crippen LogP contribution in [0.25, 0.3) is 0 Å². The molecule has 0 spiro atoms. The molecule has 1 aromatic rings. The van der Waals surface area contributed by atoms with Crippen LogP contribution in [0.3, 0.4) is 0 Å². The highest BCUT2D eigenvalue weighted by atomic mass is 16.5. The van der Waals surface area contributed by atoms with Crippen molar-refractivity contribution >= 4 is 5.91 Å². The number of hydrogen-bond acceptors (Lipinski definition) is 4. The van der Waals surface area contributed by atoms with Crippen LogP contribution in [0.4, 0.5) is 0 Å². The molecule has 0 saturated carbocycles. The Morgan fingerprint density at radius 3 is 2.56 bits per heavy atom. The zero-order valence-electron chi connectivity index (χ0n) is 11.1. The minimum atomic E-state index is -0.183. The zero-order chi connectivity index (χ0) is 13.5. The molecule has 0 aliphatic heterocycles. The van der Waals surface area contributed by atoms with E-state index in [-0.39, 0.29) is 18.6 Å². The summed E-state index contributed by atoms with van der Waals surface area (Å²) < 4.78 is 15.2. The molecule has 1 unspecified atom stereocenters. The lowest BCUT2D eigenvalue weighted by molar-refractivity contribution is -0.125. The molecule has 0 aliphatic carbocycles. The molecule has 5 heteroatoms. The number of methoxy groups -OCH3 is 3. The summed E-state index contributed by atoms with van der Waals surface area (Å²) in [5.74, 6) is 1.26. The minimum Gasteiger partial charge on any atom is -0.497 e. The van der Waals surface area contributed by atoms with E-state index in [0.717, 1.165) is 11.3 Å². The highest BCUT2D eigenvalue weighted by Crippen LogP contribution is 2.29. The first-order valence-corrected chi connectivity index (χ1v) is 5.62. The van der Waals surface area contributed by atoms with Gasteiger partial charge in [0.1, 0.15) is 18.1 Å². The van der Waals surface area contributed by atoms with Crippen LogP contribution in [0.15, 0.2) is 18.2 Å². The smallest absolute Gasteiger partial charge is 0.246 e. The lowest BCUT2D eigenvalue weighted by Crippen LogP contribution is -2.30. The monoisotopic (exact) mass is 253 g/mol. The first kappa shape index (κ1) is 14.3. The molecule has 100 valence electrons. The first-order valence-electron chi connectivity index (χ1n) is 5.62. The van der Waals surface area contributed by atoms with Crippen molar-refractivity contribution in [2.75, 3.05) is 27.9 Å². The number of rotatable bonds is 6. The Labute approximate surface area is 107 Å². The van der Waals surface area contributed by atoms with Crippen molar-refractivity contribution < 1.29 is 19.0 Å². The number of hydrogen-bond donors (Lipinski definition) is 1. The fraction of sp³-hybridized carbons (Fsp3) is 0.462. The third-order valence-corrected chi connectivity index (χ3v) is 2.56. The second-order valence-corrected chi connectivity index (χ2v) is 3.83. The van der Waals surface area contributed by atoms with Crippen molar-refractivity contribution in [2.45, 2.75) is 13.0 Å². The topological polar surface area (TPSA) is 56.8 Å². The maximum absolute atomic E-state index is 11.5. The molecule has 5 nitrogen and oxygen atoms in total. The Kier molecular flexibility index (Phi) is 5.45. The van der Waals surface area contributed by atoms with Crippen LogP contribution >= 0.6 is 0 Å². The molecule has 0 bridgehead atoms. The minimum absolute atomic E-state index is 0.0383. The summed E-state index contributed by atoms with van der Waals surface area (Å²) in [7, 11) is 4.67. The van der Waals surface area contributed by atoms with Crippen LogP contribution in [0.1, 0.15) is 18.5 Å². The molecule has 0 aromatic heterocycles. The average molecular weight is 253 g/mol. The van der Waals surface area contributed by atoms with Gasteiger partial charge in [0, 0.05) is 12.7 Å². The molecule has 0 aliphatic rings. The van der Waals surface area contributed by atoms with Crippen LogP contribution in [-0.4, -0.2) is 33.8 Å². The third-order valence-electron chi connectivity index (χ3n) is 2.56. The van der Waals surface area contributed by atoms with Gasteiger partial charge < -0.3 is 19.5 Å². The summed E-state index contributed by atoms with van der Waals surface area (Å²) in [6.45, 7) is 1.92. The Morgan fingerprint density at radius 2 is 2.00 bits per heavy atom. The average Bonchev–Trinajstić information content (AvgIpc) is 2.38. The fourth-order valence-corrected chi connectivity index (χ4v) is 1.67. The summed E-state index contributed by atoms with van der Waals surface area (Å²) in [4.78, 5) is 11.5. The Balaban J connectivity index is 2.88. The van der Waals surface area contributed by atoms with Crippen LogP contribution < -0.4 is 14.8 Å². The van der Waals surface area contributed by atoms with Crippen molar-refractivity contribution in [3.05, 3.63) is 23.8 Å². The second-order valence-electron chi connectivity index (χ2n) is 3.83. The molecule has 1 aromatic carbocycles. The van der Waals surface area contributed by atoms with Crippen LogP contribution in [0.5, 0.6) is 11.5 Å². The van der Waals surface area contributed by atoms with E-state index in [9.17, 15) is 4.79 Å². The molecular weight excluding hydrogens is 234 g/mol. The molecular formula is C13H19NO4. The predicted octanol–water partition coefficient (Wildman–Crippen LogP) is 1.53. The van der Waals surface area contributed by atoms with E-state index < -0.39 is 0 Å². The van der Waals surface area contributed by atoms with E-state index in [2.05, 4.69) is 5.32 Å². The highest BCUT2D eigenvalue weighted by Gasteiger charge is 2.14. The summed E-state index contributed by atoms with van der Waals surface area (Å²) in [6, 6.07) is 5.29. The number of nitrogens with one attached hydrogen (secondary N) is 1. The van der Waals surface area contributed by atoms with Gasteiger partial charge in [-0.05, 0) is 25.1 Å². The maximum Gasteiger partial charge on any atom is 0.246 e. The molecule has 1 amide bonds. The molecule has 0 radical (unpaired) electrons. The second kappa shape index (κ2) is 6.86. The van der Waals surface area contributed by atoms with Gasteiger partial charge in [-0.1, -0.05) is 0 Å². The number of carbonyl (C=O) groups is 1. The number of ether oxygens (including phenoxy) is 3. The molecule has 0 fully saturated rings. The van der Waals surface area contributed by atoms with Crippen molar-refractivity contribution in [1.82, 2.24) is 5.32 Å². The van der Waals surface area contributed by atoms with E-state index >= 15 is 0 Å². The zero-order valence-corrected chi connectivity index (χ0v) is 11.1. The molecule has 1 rings (SSSR count). The number of carbonyl (C=O) groups excluding carboxylic acids is 1. The third kappa shape index (κ3) is 3.63. The Bertz CT molecular complexity index is 406. The lowest BCUT2D eigenvalue weighted by atomic mass is 10.1. The largest absolute Gasteiger partial charge is 0.497 e. The molecule has 0 saturated heterocycles. The van der Waals surface area contributed by atoms with Crippen molar-refractivity contribution in [3.8, 4) is 11.5 Å². The first-order chi connectivity index (χ1) is 8.62. The van der Waals surface area contributed by atoms with Crippen LogP contribution in [0, 0.1) is 0 Å². The summed E-state index contributed by atoms with van der Waals surface area (Å²) >= 11 is 0. The van der Waals surface area contributed by atoms with Crippen molar-refractivity contribution in [2.24, 2.45) is 0 Å². The van der Waals surface area contributed by atoms with E-state index in [1.54, 1.807) is 14.2 Å². The molecule has 18 heavy (non-hydrogen) atoms. The van der Waals surface area contributed by atoms with Crippen LogP contribution in [-0.2, 0) is 9.53 Å². The van der Waals surface area contributed by atoms with Gasteiger partial charge in [0.2, 0.25) is 5.91 Å². The van der Waals surface area contributed by atoms with Gasteiger partial charge in [-0.25, -0.2) is 0 Å². The van der Waals surface area contributed by atoms with Crippen LogP contribution in [0.2, 0.25) is 0 Å². The van der Waals surface area contributed by atoms with Gasteiger partial charge in [0.25, 0.3) is 0 Å². The van der Waals surface area contributed by atoms with Crippen molar-refractivity contribution in [3.63, 3.8) is 0 Å². The van der Waals surface area contributed by atoms with E-state index in [0.29, 0.717) is 5.75 Å². The van der Waals surface area contributed by atoms with E-state index in [1.807, 2.05) is 25.1 Å². The van der Waals surface area contributed by atoms with Gasteiger partial charge in [-0.15, -0.1) is 0 Å². The normalized spacial score (nSPS) is 11.8. The van der Waals surface area contributed by atoms with E-state index in [4.69, 9.17) is 14.2 Å². The van der Waals surface area contributed by atoms with E-state index in [1.165, 1.54) is 7.11 Å². The predicted molar refractivity (Wildman–Crippen MR) is 68.0 cm³/mol. The highest BCUT2D eigenvalue weighted by molar-refractivity contribution is 5.77. The number of amides is 1. The number of benzene rings is 1. The maximum atomic E-state index is 11.5. The summed E-state index contributed by atoms with van der Waals surface area (Å²) in [5, 5.41) is 2.82. The van der Waals surface area contributed by atoms with Gasteiger partial charge in [-0.2, -0.15) is 0 Å². The Morgan fingerprint density at radius 1 is 1.28 bits per heavy atom. The van der Waals surface area contributed by atoms with Gasteiger partial charge in [0.05, 0.1) is 20.3 Å². The van der Waals surface area contributed by atoms with Gasteiger partial charge >= 0.3 is 0 Å². The Hall–Kier alpha value is -1.75. The molecule has 1 atom stereocenters. The summed E-state index contributed by atoms with van der Waals surface area (Å²) in [5.41, 5.74) is 0.862. The molecule has 0 heterocycles. The molecule has 1 N–H and O–H groups in total. The quantitative estimate of drug-likeness (QED) is 0.835. The van der Waals surface area contributed by atoms with Gasteiger partial charge in [-0.3, -0.25) is 4.79 Å². The fourth-order valence-electron chi connectivity index (χ4n) is 1.67. The lowest BCUT2D eigenvalue weighted by Gasteiger charge is -2.18. The van der Waals surface area contributed by atoms with Crippen molar-refractivity contribution in [1.29, 1.82) is 0 Å². The SMILES string of the molecule is COCC(=O)NC(C)c1cc(OC)ccc1OC. The van der Waals surface area contributed by atoms with Gasteiger partial charge in [0.15, 0.2) is 0 Å². The standard InChI is InChI=1S/C13H19NO4/c1-9(14-13(15)8-16-2)11-7-10(17-3)5-6-12(11)18-4/h5-7,9H,8H2,1-4H3,(H,14,15). The summed E-state index contributed by atoms with van der Waals surface area (Å²) in [6.07, 6.45) is 0.